The molecule has 138 valence electrons. The fourth-order valence-corrected chi connectivity index (χ4v) is 4.95. The summed E-state index contributed by atoms with van der Waals surface area (Å²) in [4.78, 5) is 12.7. The van der Waals surface area contributed by atoms with Gasteiger partial charge in [0, 0.05) is 24.6 Å². The number of hydrogen-bond acceptors (Lipinski definition) is 3. The van der Waals surface area contributed by atoms with Gasteiger partial charge in [0.05, 0.1) is 4.90 Å². The second-order valence-electron chi connectivity index (χ2n) is 6.82. The number of carbonyl (C=O) groups excluding carboxylic acids is 1. The van der Waals surface area contributed by atoms with Gasteiger partial charge in [-0.3, -0.25) is 4.79 Å². The van der Waals surface area contributed by atoms with E-state index in [2.05, 4.69) is 0 Å². The van der Waals surface area contributed by atoms with Crippen LogP contribution in [0.5, 0.6) is 0 Å². The third kappa shape index (κ3) is 3.71. The standard InChI is InChI=1S/C20H22FNO3S/c1-14-6-7-19(15(2)12-14)20(23)16-8-10-22(11-9-16)26(24,25)18-5-3-4-17(21)13-18/h3-7,12-13,16H,8-11H2,1-2H3. The quantitative estimate of drug-likeness (QED) is 0.765. The minimum Gasteiger partial charge on any atom is -0.294 e. The Kier molecular flexibility index (Phi) is 5.25. The van der Waals surface area contributed by atoms with Crippen molar-refractivity contribution < 1.29 is 17.6 Å². The summed E-state index contributed by atoms with van der Waals surface area (Å²) in [6.45, 7) is 4.43. The minimum atomic E-state index is -3.73. The lowest BCUT2D eigenvalue weighted by Gasteiger charge is -2.30. The Morgan fingerprint density at radius 3 is 2.38 bits per heavy atom. The van der Waals surface area contributed by atoms with Crippen molar-refractivity contribution in [2.24, 2.45) is 5.92 Å². The number of benzene rings is 2. The second-order valence-corrected chi connectivity index (χ2v) is 8.76. The number of hydrogen-bond donors (Lipinski definition) is 0. The van der Waals surface area contributed by atoms with E-state index in [0.717, 1.165) is 17.2 Å². The van der Waals surface area contributed by atoms with Crippen LogP contribution >= 0.6 is 0 Å². The Morgan fingerprint density at radius 1 is 1.08 bits per heavy atom. The van der Waals surface area contributed by atoms with E-state index in [1.165, 1.54) is 22.5 Å². The SMILES string of the molecule is Cc1ccc(C(=O)C2CCN(S(=O)(=O)c3cccc(F)c3)CC2)c(C)c1. The Labute approximate surface area is 153 Å². The Hall–Kier alpha value is -2.05. The first-order valence-corrected chi connectivity index (χ1v) is 10.1. The van der Waals surface area contributed by atoms with Crippen molar-refractivity contribution >= 4 is 15.8 Å². The van der Waals surface area contributed by atoms with Crippen LogP contribution in [-0.2, 0) is 10.0 Å². The molecule has 0 atom stereocenters. The molecule has 1 heterocycles. The molecule has 0 aromatic heterocycles. The molecule has 6 heteroatoms. The van der Waals surface area contributed by atoms with Gasteiger partial charge in [-0.05, 0) is 50.5 Å². The van der Waals surface area contributed by atoms with E-state index in [1.807, 2.05) is 32.0 Å². The van der Waals surface area contributed by atoms with E-state index in [9.17, 15) is 17.6 Å². The smallest absolute Gasteiger partial charge is 0.243 e. The maximum atomic E-state index is 13.4. The molecule has 0 bridgehead atoms. The average Bonchev–Trinajstić information content (AvgIpc) is 2.61. The highest BCUT2D eigenvalue weighted by Crippen LogP contribution is 2.27. The van der Waals surface area contributed by atoms with Crippen LogP contribution in [0.15, 0.2) is 47.4 Å². The molecule has 3 rings (SSSR count). The lowest BCUT2D eigenvalue weighted by Crippen LogP contribution is -2.40. The Bertz CT molecular complexity index is 932. The van der Waals surface area contributed by atoms with Gasteiger partial charge in [0.2, 0.25) is 10.0 Å². The first-order chi connectivity index (χ1) is 12.3. The van der Waals surface area contributed by atoms with Crippen LogP contribution in [0.2, 0.25) is 0 Å². The fraction of sp³-hybridized carbons (Fsp3) is 0.350. The largest absolute Gasteiger partial charge is 0.294 e. The average molecular weight is 375 g/mol. The van der Waals surface area contributed by atoms with Crippen LogP contribution in [0.25, 0.3) is 0 Å². The minimum absolute atomic E-state index is 0.0448. The van der Waals surface area contributed by atoms with Crippen molar-refractivity contribution in [2.45, 2.75) is 31.6 Å². The van der Waals surface area contributed by atoms with Gasteiger partial charge in [0.25, 0.3) is 0 Å². The highest BCUT2D eigenvalue weighted by molar-refractivity contribution is 7.89. The molecule has 26 heavy (non-hydrogen) atoms. The number of ketones is 1. The van der Waals surface area contributed by atoms with Gasteiger partial charge < -0.3 is 0 Å². The summed E-state index contributed by atoms with van der Waals surface area (Å²) in [7, 11) is -3.73. The molecule has 1 aliphatic rings. The van der Waals surface area contributed by atoms with Gasteiger partial charge >= 0.3 is 0 Å². The van der Waals surface area contributed by atoms with Gasteiger partial charge in [0.15, 0.2) is 5.78 Å². The molecule has 2 aromatic carbocycles. The van der Waals surface area contributed by atoms with Crippen molar-refractivity contribution in [2.75, 3.05) is 13.1 Å². The van der Waals surface area contributed by atoms with Crippen LogP contribution in [-0.4, -0.2) is 31.6 Å². The maximum absolute atomic E-state index is 13.4. The third-order valence-corrected chi connectivity index (χ3v) is 6.80. The number of aryl methyl sites for hydroxylation is 2. The van der Waals surface area contributed by atoms with E-state index >= 15 is 0 Å². The van der Waals surface area contributed by atoms with Crippen molar-refractivity contribution in [1.29, 1.82) is 0 Å². The van der Waals surface area contributed by atoms with E-state index in [4.69, 9.17) is 0 Å². The molecule has 0 spiro atoms. The number of carbonyl (C=O) groups is 1. The zero-order chi connectivity index (χ0) is 18.9. The van der Waals surface area contributed by atoms with Crippen LogP contribution in [0.3, 0.4) is 0 Å². The van der Waals surface area contributed by atoms with Gasteiger partial charge in [-0.25, -0.2) is 12.8 Å². The third-order valence-electron chi connectivity index (χ3n) is 4.91. The summed E-state index contributed by atoms with van der Waals surface area (Å²) in [5.74, 6) is -0.688. The number of piperidine rings is 1. The molecule has 4 nitrogen and oxygen atoms in total. The molecule has 1 fully saturated rings. The van der Waals surface area contributed by atoms with Crippen LogP contribution in [0, 0.1) is 25.6 Å². The Morgan fingerprint density at radius 2 is 1.77 bits per heavy atom. The topological polar surface area (TPSA) is 54.5 Å². The molecule has 0 radical (unpaired) electrons. The van der Waals surface area contributed by atoms with Gasteiger partial charge in [-0.15, -0.1) is 0 Å². The second kappa shape index (κ2) is 7.29. The highest BCUT2D eigenvalue weighted by Gasteiger charge is 2.32. The molecule has 1 saturated heterocycles. The fourth-order valence-electron chi connectivity index (χ4n) is 3.44. The zero-order valence-corrected chi connectivity index (χ0v) is 15.7. The van der Waals surface area contributed by atoms with Crippen LogP contribution < -0.4 is 0 Å². The van der Waals surface area contributed by atoms with Crippen molar-refractivity contribution in [3.05, 3.63) is 65.0 Å². The van der Waals surface area contributed by atoms with Crippen molar-refractivity contribution in [3.8, 4) is 0 Å². The molecular weight excluding hydrogens is 353 g/mol. The number of rotatable bonds is 4. The summed E-state index contributed by atoms with van der Waals surface area (Å²) < 4.78 is 40.0. The molecule has 0 N–H and O–H groups in total. The molecule has 1 aliphatic heterocycles. The van der Waals surface area contributed by atoms with Crippen molar-refractivity contribution in [1.82, 2.24) is 4.31 Å². The summed E-state index contributed by atoms with van der Waals surface area (Å²) >= 11 is 0. The molecule has 0 amide bonds. The van der Waals surface area contributed by atoms with Gasteiger partial charge in [-0.2, -0.15) is 4.31 Å². The first-order valence-electron chi connectivity index (χ1n) is 8.66. The zero-order valence-electron chi connectivity index (χ0n) is 14.9. The Balaban J connectivity index is 1.72. The predicted molar refractivity (Wildman–Crippen MR) is 98.1 cm³/mol. The first kappa shape index (κ1) is 18.7. The predicted octanol–water partition coefficient (Wildman–Crippen LogP) is 3.73. The normalized spacial score (nSPS) is 16.6. The molecular formula is C20H22FNO3S. The van der Waals surface area contributed by atoms with Gasteiger partial charge in [-0.1, -0.05) is 29.8 Å². The van der Waals surface area contributed by atoms with Crippen molar-refractivity contribution in [3.63, 3.8) is 0 Å². The summed E-state index contributed by atoms with van der Waals surface area (Å²) in [5.41, 5.74) is 2.77. The number of nitrogens with zero attached hydrogens (tertiary/aromatic N) is 1. The molecule has 0 aliphatic carbocycles. The molecule has 0 saturated carbocycles. The lowest BCUT2D eigenvalue weighted by molar-refractivity contribution is 0.0874. The number of sulfonamides is 1. The molecule has 2 aromatic rings. The lowest BCUT2D eigenvalue weighted by atomic mass is 9.87. The van der Waals surface area contributed by atoms with E-state index in [-0.39, 0.29) is 29.7 Å². The number of halogens is 1. The van der Waals surface area contributed by atoms with E-state index < -0.39 is 15.8 Å². The number of Topliss-reactive ketones (excluding diaryl/α,β-unsaturated/α-hetero) is 1. The summed E-state index contributed by atoms with van der Waals surface area (Å²) in [6.07, 6.45) is 0.946. The van der Waals surface area contributed by atoms with E-state index in [1.54, 1.807) is 0 Å². The highest BCUT2D eigenvalue weighted by atomic mass is 32.2. The van der Waals surface area contributed by atoms with Crippen LogP contribution in [0.1, 0.15) is 34.3 Å². The summed E-state index contributed by atoms with van der Waals surface area (Å²) in [6, 6.07) is 10.8. The van der Waals surface area contributed by atoms with E-state index in [0.29, 0.717) is 18.4 Å². The maximum Gasteiger partial charge on any atom is 0.243 e. The summed E-state index contributed by atoms with van der Waals surface area (Å²) in [5, 5.41) is 0. The van der Waals surface area contributed by atoms with Crippen LogP contribution in [0.4, 0.5) is 4.39 Å². The van der Waals surface area contributed by atoms with Gasteiger partial charge in [0.1, 0.15) is 5.82 Å². The monoisotopic (exact) mass is 375 g/mol. The molecule has 0 unspecified atom stereocenters.